The standard InChI is InChI=1S/C17H18FNO/c1-3-13-8-10-14(11-9-13)12-19(2)17(20)15-6-4-5-7-16(15)18/h4-11H,3,12H2,1-2H3. The zero-order valence-electron chi connectivity index (χ0n) is 11.8. The van der Waals surface area contributed by atoms with Gasteiger partial charge in [0, 0.05) is 13.6 Å². The van der Waals surface area contributed by atoms with Gasteiger partial charge in [-0.3, -0.25) is 4.79 Å². The van der Waals surface area contributed by atoms with Gasteiger partial charge in [0.25, 0.3) is 5.91 Å². The van der Waals surface area contributed by atoms with Crippen LogP contribution in [-0.2, 0) is 13.0 Å². The molecule has 0 atom stereocenters. The summed E-state index contributed by atoms with van der Waals surface area (Å²) in [6.07, 6.45) is 0.990. The molecule has 2 nitrogen and oxygen atoms in total. The monoisotopic (exact) mass is 271 g/mol. The van der Waals surface area contributed by atoms with Crippen molar-refractivity contribution in [2.45, 2.75) is 19.9 Å². The molecule has 104 valence electrons. The second-order valence-corrected chi connectivity index (χ2v) is 4.81. The maximum Gasteiger partial charge on any atom is 0.256 e. The van der Waals surface area contributed by atoms with Crippen LogP contribution in [-0.4, -0.2) is 17.9 Å². The topological polar surface area (TPSA) is 20.3 Å². The predicted octanol–water partition coefficient (Wildman–Crippen LogP) is 3.66. The highest BCUT2D eigenvalue weighted by atomic mass is 19.1. The Morgan fingerprint density at radius 1 is 1.05 bits per heavy atom. The fourth-order valence-electron chi connectivity index (χ4n) is 2.07. The zero-order valence-corrected chi connectivity index (χ0v) is 11.8. The number of amides is 1. The number of carbonyl (C=O) groups is 1. The molecule has 0 heterocycles. The number of hydrogen-bond acceptors (Lipinski definition) is 1. The summed E-state index contributed by atoms with van der Waals surface area (Å²) in [4.78, 5) is 13.7. The lowest BCUT2D eigenvalue weighted by molar-refractivity contribution is 0.0780. The summed E-state index contributed by atoms with van der Waals surface area (Å²) >= 11 is 0. The average molecular weight is 271 g/mol. The normalized spacial score (nSPS) is 10.3. The number of halogens is 1. The van der Waals surface area contributed by atoms with Crippen molar-refractivity contribution in [1.29, 1.82) is 0 Å². The predicted molar refractivity (Wildman–Crippen MR) is 78.0 cm³/mol. The summed E-state index contributed by atoms with van der Waals surface area (Å²) in [5.41, 5.74) is 2.41. The lowest BCUT2D eigenvalue weighted by Gasteiger charge is -2.18. The Morgan fingerprint density at radius 2 is 1.65 bits per heavy atom. The molecule has 0 saturated heterocycles. The first-order valence-corrected chi connectivity index (χ1v) is 6.69. The summed E-state index contributed by atoms with van der Waals surface area (Å²) in [6, 6.07) is 14.2. The Hall–Kier alpha value is -2.16. The summed E-state index contributed by atoms with van der Waals surface area (Å²) in [6.45, 7) is 2.57. The van der Waals surface area contributed by atoms with Crippen LogP contribution in [0.15, 0.2) is 48.5 Å². The van der Waals surface area contributed by atoms with Crippen LogP contribution in [0.3, 0.4) is 0 Å². The van der Waals surface area contributed by atoms with Gasteiger partial charge in [0.2, 0.25) is 0 Å². The molecule has 0 aliphatic carbocycles. The average Bonchev–Trinajstić information content (AvgIpc) is 2.48. The maximum atomic E-state index is 13.6. The van der Waals surface area contributed by atoms with Gasteiger partial charge >= 0.3 is 0 Å². The van der Waals surface area contributed by atoms with Crippen LogP contribution in [0.2, 0.25) is 0 Å². The van der Waals surface area contributed by atoms with Gasteiger partial charge in [-0.1, -0.05) is 43.3 Å². The molecule has 1 amide bonds. The first-order chi connectivity index (χ1) is 9.61. The van der Waals surface area contributed by atoms with E-state index in [4.69, 9.17) is 0 Å². The quantitative estimate of drug-likeness (QED) is 0.831. The van der Waals surface area contributed by atoms with E-state index in [0.717, 1.165) is 12.0 Å². The Kier molecular flexibility index (Phi) is 4.51. The van der Waals surface area contributed by atoms with E-state index < -0.39 is 5.82 Å². The smallest absolute Gasteiger partial charge is 0.256 e. The Bertz CT molecular complexity index is 592. The molecule has 20 heavy (non-hydrogen) atoms. The SMILES string of the molecule is CCc1ccc(CN(C)C(=O)c2ccccc2F)cc1. The molecule has 0 saturated carbocycles. The molecule has 0 N–H and O–H groups in total. The minimum absolute atomic E-state index is 0.111. The third-order valence-electron chi connectivity index (χ3n) is 3.30. The number of aryl methyl sites for hydroxylation is 1. The van der Waals surface area contributed by atoms with E-state index in [1.165, 1.54) is 22.6 Å². The second kappa shape index (κ2) is 6.33. The Balaban J connectivity index is 2.09. The van der Waals surface area contributed by atoms with E-state index in [9.17, 15) is 9.18 Å². The van der Waals surface area contributed by atoms with Crippen molar-refractivity contribution in [1.82, 2.24) is 4.90 Å². The van der Waals surface area contributed by atoms with E-state index in [2.05, 4.69) is 19.1 Å². The molecule has 0 unspecified atom stereocenters. The minimum atomic E-state index is -0.481. The summed E-state index contributed by atoms with van der Waals surface area (Å²) in [5, 5.41) is 0. The third-order valence-corrected chi connectivity index (χ3v) is 3.30. The van der Waals surface area contributed by atoms with Gasteiger partial charge in [-0.05, 0) is 29.7 Å². The van der Waals surface area contributed by atoms with Gasteiger partial charge in [-0.2, -0.15) is 0 Å². The molecule has 2 aromatic carbocycles. The summed E-state index contributed by atoms with van der Waals surface area (Å²) in [7, 11) is 1.68. The fraction of sp³-hybridized carbons (Fsp3) is 0.235. The van der Waals surface area contributed by atoms with E-state index in [1.807, 2.05) is 12.1 Å². The van der Waals surface area contributed by atoms with Crippen LogP contribution in [0.5, 0.6) is 0 Å². The Morgan fingerprint density at radius 3 is 2.25 bits per heavy atom. The van der Waals surface area contributed by atoms with Gasteiger partial charge < -0.3 is 4.90 Å². The summed E-state index contributed by atoms with van der Waals surface area (Å²) < 4.78 is 13.6. The van der Waals surface area contributed by atoms with Crippen molar-refractivity contribution in [2.75, 3.05) is 7.05 Å². The first-order valence-electron chi connectivity index (χ1n) is 6.69. The van der Waals surface area contributed by atoms with Gasteiger partial charge in [0.15, 0.2) is 0 Å². The number of rotatable bonds is 4. The molecule has 3 heteroatoms. The molecule has 0 fully saturated rings. The maximum absolute atomic E-state index is 13.6. The van der Waals surface area contributed by atoms with E-state index >= 15 is 0 Å². The molecule has 0 aliphatic heterocycles. The van der Waals surface area contributed by atoms with Crippen molar-refractivity contribution in [2.24, 2.45) is 0 Å². The molecular weight excluding hydrogens is 253 g/mol. The van der Waals surface area contributed by atoms with Crippen molar-refractivity contribution in [3.63, 3.8) is 0 Å². The van der Waals surface area contributed by atoms with Crippen LogP contribution in [0.1, 0.15) is 28.4 Å². The van der Waals surface area contributed by atoms with Crippen molar-refractivity contribution >= 4 is 5.91 Å². The Labute approximate surface area is 118 Å². The largest absolute Gasteiger partial charge is 0.337 e. The molecule has 0 radical (unpaired) electrons. The van der Waals surface area contributed by atoms with Crippen LogP contribution >= 0.6 is 0 Å². The van der Waals surface area contributed by atoms with Crippen LogP contribution < -0.4 is 0 Å². The van der Waals surface area contributed by atoms with E-state index in [-0.39, 0.29) is 11.5 Å². The van der Waals surface area contributed by atoms with Crippen molar-refractivity contribution in [3.8, 4) is 0 Å². The fourth-order valence-corrected chi connectivity index (χ4v) is 2.07. The van der Waals surface area contributed by atoms with Crippen LogP contribution in [0.4, 0.5) is 4.39 Å². The molecular formula is C17H18FNO. The molecule has 2 rings (SSSR count). The third kappa shape index (κ3) is 3.23. The van der Waals surface area contributed by atoms with Crippen LogP contribution in [0, 0.1) is 5.82 Å². The summed E-state index contributed by atoms with van der Waals surface area (Å²) in [5.74, 6) is -0.784. The number of benzene rings is 2. The lowest BCUT2D eigenvalue weighted by Crippen LogP contribution is -2.27. The molecule has 0 aliphatic rings. The number of nitrogens with zero attached hydrogens (tertiary/aromatic N) is 1. The molecule has 0 aromatic heterocycles. The molecule has 0 spiro atoms. The van der Waals surface area contributed by atoms with Gasteiger partial charge in [0.05, 0.1) is 5.56 Å². The van der Waals surface area contributed by atoms with Crippen molar-refractivity contribution in [3.05, 3.63) is 71.0 Å². The van der Waals surface area contributed by atoms with Crippen molar-refractivity contribution < 1.29 is 9.18 Å². The van der Waals surface area contributed by atoms with Gasteiger partial charge in [-0.15, -0.1) is 0 Å². The van der Waals surface area contributed by atoms with E-state index in [0.29, 0.717) is 6.54 Å². The van der Waals surface area contributed by atoms with Gasteiger partial charge in [0.1, 0.15) is 5.82 Å². The minimum Gasteiger partial charge on any atom is -0.337 e. The molecule has 0 bridgehead atoms. The first kappa shape index (κ1) is 14.3. The lowest BCUT2D eigenvalue weighted by atomic mass is 10.1. The molecule has 2 aromatic rings. The number of hydrogen-bond donors (Lipinski definition) is 0. The second-order valence-electron chi connectivity index (χ2n) is 4.81. The van der Waals surface area contributed by atoms with Crippen LogP contribution in [0.25, 0.3) is 0 Å². The zero-order chi connectivity index (χ0) is 14.5. The van der Waals surface area contributed by atoms with E-state index in [1.54, 1.807) is 19.2 Å². The number of carbonyl (C=O) groups excluding carboxylic acids is 1. The van der Waals surface area contributed by atoms with Gasteiger partial charge in [-0.25, -0.2) is 4.39 Å². The highest BCUT2D eigenvalue weighted by molar-refractivity contribution is 5.94. The highest BCUT2D eigenvalue weighted by Crippen LogP contribution is 2.12. The highest BCUT2D eigenvalue weighted by Gasteiger charge is 2.15.